The molecule has 1 saturated heterocycles. The van der Waals surface area contributed by atoms with Gasteiger partial charge in [-0.05, 0) is 43.7 Å². The van der Waals surface area contributed by atoms with Crippen LogP contribution in [0.4, 0.5) is 0 Å². The molecular formula is C19H26N2O5. The molecule has 0 bridgehead atoms. The van der Waals surface area contributed by atoms with E-state index in [1.54, 1.807) is 12.1 Å². The number of likely N-dealkylation sites (tertiary alicyclic amines) is 1. The molecule has 1 N–H and O–H groups in total. The standard InChI is InChI=1S/C19H26N2O5/c22-17(20-12-14-6-2-1-3-7-14)13-26-19(24)15-8-4-10-21(15)18(23)16-9-5-11-25-16/h5,9,11,14-15H,1-4,6-8,10,12-13H2,(H,20,22)/t15-/m0/s1. The number of nitrogens with zero attached hydrogens (tertiary/aromatic N) is 1. The van der Waals surface area contributed by atoms with Crippen LogP contribution in [0.5, 0.6) is 0 Å². The van der Waals surface area contributed by atoms with Gasteiger partial charge >= 0.3 is 5.97 Å². The lowest BCUT2D eigenvalue weighted by Gasteiger charge is -2.23. The summed E-state index contributed by atoms with van der Waals surface area (Å²) in [5.74, 6) is -0.410. The van der Waals surface area contributed by atoms with E-state index in [1.165, 1.54) is 30.4 Å². The molecule has 1 aliphatic carbocycles. The van der Waals surface area contributed by atoms with Gasteiger partial charge < -0.3 is 19.4 Å². The van der Waals surface area contributed by atoms with Gasteiger partial charge in [-0.15, -0.1) is 0 Å². The van der Waals surface area contributed by atoms with E-state index in [0.29, 0.717) is 25.4 Å². The maximum Gasteiger partial charge on any atom is 0.329 e. The van der Waals surface area contributed by atoms with Gasteiger partial charge in [-0.1, -0.05) is 19.3 Å². The van der Waals surface area contributed by atoms with Crippen molar-refractivity contribution < 1.29 is 23.5 Å². The monoisotopic (exact) mass is 362 g/mol. The highest BCUT2D eigenvalue weighted by molar-refractivity contribution is 5.95. The van der Waals surface area contributed by atoms with Gasteiger partial charge in [0.2, 0.25) is 0 Å². The van der Waals surface area contributed by atoms with Crippen LogP contribution in [-0.4, -0.2) is 48.4 Å². The first-order valence-electron chi connectivity index (χ1n) is 9.43. The minimum absolute atomic E-state index is 0.204. The van der Waals surface area contributed by atoms with E-state index in [0.717, 1.165) is 19.3 Å². The quantitative estimate of drug-likeness (QED) is 0.783. The average molecular weight is 362 g/mol. The molecule has 1 aliphatic heterocycles. The van der Waals surface area contributed by atoms with Gasteiger partial charge in [-0.3, -0.25) is 9.59 Å². The fraction of sp³-hybridized carbons (Fsp3) is 0.632. The van der Waals surface area contributed by atoms with E-state index in [-0.39, 0.29) is 24.2 Å². The van der Waals surface area contributed by atoms with Gasteiger partial charge in [-0.2, -0.15) is 0 Å². The summed E-state index contributed by atoms with van der Waals surface area (Å²) < 4.78 is 10.3. The highest BCUT2D eigenvalue weighted by Crippen LogP contribution is 2.23. The third-order valence-corrected chi connectivity index (χ3v) is 5.18. The fourth-order valence-electron chi connectivity index (χ4n) is 3.73. The number of ether oxygens (including phenoxy) is 1. The zero-order valence-electron chi connectivity index (χ0n) is 14.9. The molecule has 7 heteroatoms. The SMILES string of the molecule is O=C(COC(=O)[C@@H]1CCCN1C(=O)c1ccco1)NCC1CCCCC1. The van der Waals surface area contributed by atoms with Crippen LogP contribution in [0, 0.1) is 5.92 Å². The highest BCUT2D eigenvalue weighted by atomic mass is 16.5. The first-order valence-corrected chi connectivity index (χ1v) is 9.43. The number of rotatable bonds is 6. The largest absolute Gasteiger partial charge is 0.459 e. The lowest BCUT2D eigenvalue weighted by molar-refractivity contribution is -0.152. The Balaban J connectivity index is 1.43. The topological polar surface area (TPSA) is 88.9 Å². The summed E-state index contributed by atoms with van der Waals surface area (Å²) in [7, 11) is 0. The Bertz CT molecular complexity index is 622. The Labute approximate surface area is 153 Å². The fourth-order valence-corrected chi connectivity index (χ4v) is 3.73. The van der Waals surface area contributed by atoms with Crippen molar-refractivity contribution in [3.63, 3.8) is 0 Å². The number of carbonyl (C=O) groups is 3. The highest BCUT2D eigenvalue weighted by Gasteiger charge is 2.36. The van der Waals surface area contributed by atoms with Crippen LogP contribution < -0.4 is 5.32 Å². The molecule has 3 rings (SSSR count). The number of hydrogen-bond acceptors (Lipinski definition) is 5. The summed E-state index contributed by atoms with van der Waals surface area (Å²) >= 11 is 0. The van der Waals surface area contributed by atoms with Crippen molar-refractivity contribution in [2.45, 2.75) is 51.0 Å². The van der Waals surface area contributed by atoms with Gasteiger partial charge in [-0.25, -0.2) is 4.79 Å². The number of furan rings is 1. The van der Waals surface area contributed by atoms with Crippen molar-refractivity contribution in [3.05, 3.63) is 24.2 Å². The lowest BCUT2D eigenvalue weighted by Crippen LogP contribution is -2.42. The molecule has 7 nitrogen and oxygen atoms in total. The van der Waals surface area contributed by atoms with Crippen LogP contribution in [0.1, 0.15) is 55.5 Å². The average Bonchev–Trinajstić information content (AvgIpc) is 3.36. The summed E-state index contributed by atoms with van der Waals surface area (Å²) in [6, 6.07) is 2.55. The second-order valence-electron chi connectivity index (χ2n) is 7.05. The number of nitrogens with one attached hydrogen (secondary N) is 1. The van der Waals surface area contributed by atoms with Crippen molar-refractivity contribution >= 4 is 17.8 Å². The maximum atomic E-state index is 12.4. The second-order valence-corrected chi connectivity index (χ2v) is 7.05. The van der Waals surface area contributed by atoms with Crippen molar-refractivity contribution in [1.82, 2.24) is 10.2 Å². The Morgan fingerprint density at radius 1 is 1.15 bits per heavy atom. The van der Waals surface area contributed by atoms with E-state index >= 15 is 0 Å². The van der Waals surface area contributed by atoms with Gasteiger partial charge in [0.15, 0.2) is 12.4 Å². The van der Waals surface area contributed by atoms with Crippen molar-refractivity contribution in [3.8, 4) is 0 Å². The molecular weight excluding hydrogens is 336 g/mol. The number of amides is 2. The normalized spacial score (nSPS) is 20.8. The van der Waals surface area contributed by atoms with Crippen LogP contribution in [0.3, 0.4) is 0 Å². The van der Waals surface area contributed by atoms with Crippen molar-refractivity contribution in [2.24, 2.45) is 5.92 Å². The molecule has 26 heavy (non-hydrogen) atoms. The first kappa shape index (κ1) is 18.5. The third kappa shape index (κ3) is 4.65. The van der Waals surface area contributed by atoms with Crippen molar-refractivity contribution in [1.29, 1.82) is 0 Å². The Morgan fingerprint density at radius 2 is 1.96 bits per heavy atom. The molecule has 1 saturated carbocycles. The maximum absolute atomic E-state index is 12.4. The predicted octanol–water partition coefficient (Wildman–Crippen LogP) is 2.12. The molecule has 0 aromatic carbocycles. The van der Waals surface area contributed by atoms with Gasteiger partial charge in [0.25, 0.3) is 11.8 Å². The molecule has 1 atom stereocenters. The molecule has 2 amide bonds. The zero-order valence-corrected chi connectivity index (χ0v) is 14.9. The minimum Gasteiger partial charge on any atom is -0.459 e. The molecule has 1 aromatic heterocycles. The number of hydrogen-bond donors (Lipinski definition) is 1. The van der Waals surface area contributed by atoms with Crippen LogP contribution in [0.15, 0.2) is 22.8 Å². The van der Waals surface area contributed by atoms with E-state index < -0.39 is 12.0 Å². The van der Waals surface area contributed by atoms with E-state index in [4.69, 9.17) is 9.15 Å². The van der Waals surface area contributed by atoms with Crippen LogP contribution in [0.25, 0.3) is 0 Å². The van der Waals surface area contributed by atoms with E-state index in [1.807, 2.05) is 0 Å². The van der Waals surface area contributed by atoms with Crippen LogP contribution in [0.2, 0.25) is 0 Å². The van der Waals surface area contributed by atoms with Gasteiger partial charge in [0.1, 0.15) is 6.04 Å². The first-order chi connectivity index (χ1) is 12.6. The molecule has 142 valence electrons. The smallest absolute Gasteiger partial charge is 0.329 e. The van der Waals surface area contributed by atoms with Crippen molar-refractivity contribution in [2.75, 3.05) is 19.7 Å². The number of esters is 1. The lowest BCUT2D eigenvalue weighted by atomic mass is 9.89. The molecule has 0 spiro atoms. The summed E-state index contributed by atoms with van der Waals surface area (Å²) in [4.78, 5) is 38.1. The van der Waals surface area contributed by atoms with Crippen LogP contribution in [-0.2, 0) is 14.3 Å². The summed E-state index contributed by atoms with van der Waals surface area (Å²) in [5.41, 5.74) is 0. The molecule has 0 radical (unpaired) electrons. The third-order valence-electron chi connectivity index (χ3n) is 5.18. The Hall–Kier alpha value is -2.31. The molecule has 2 fully saturated rings. The predicted molar refractivity (Wildman–Crippen MR) is 93.3 cm³/mol. The molecule has 1 aromatic rings. The summed E-state index contributed by atoms with van der Waals surface area (Å²) in [5, 5.41) is 2.84. The zero-order chi connectivity index (χ0) is 18.4. The summed E-state index contributed by atoms with van der Waals surface area (Å²) in [6.45, 7) is 0.820. The number of carbonyl (C=O) groups excluding carboxylic acids is 3. The minimum atomic E-state index is -0.654. The molecule has 0 unspecified atom stereocenters. The Morgan fingerprint density at radius 3 is 2.69 bits per heavy atom. The molecule has 2 heterocycles. The van der Waals surface area contributed by atoms with Gasteiger partial charge in [0, 0.05) is 13.1 Å². The molecule has 2 aliphatic rings. The Kier molecular flexibility index (Phi) is 6.30. The van der Waals surface area contributed by atoms with E-state index in [2.05, 4.69) is 5.32 Å². The summed E-state index contributed by atoms with van der Waals surface area (Å²) in [6.07, 6.45) is 8.69. The van der Waals surface area contributed by atoms with Gasteiger partial charge in [0.05, 0.1) is 6.26 Å². The van der Waals surface area contributed by atoms with E-state index in [9.17, 15) is 14.4 Å². The second kappa shape index (κ2) is 8.87. The van der Waals surface area contributed by atoms with Crippen LogP contribution >= 0.6 is 0 Å².